The lowest BCUT2D eigenvalue weighted by Crippen LogP contribution is -2.34. The van der Waals surface area contributed by atoms with E-state index < -0.39 is 0 Å². The summed E-state index contributed by atoms with van der Waals surface area (Å²) in [6.07, 6.45) is 1.01. The molecule has 1 saturated heterocycles. The molecule has 0 spiro atoms. The first kappa shape index (κ1) is 18.5. The molecule has 26 heavy (non-hydrogen) atoms. The SMILES string of the molecule is CC(C)c1ccc(C(=O)N2CCCN(C)CC2)cc1-c1ccc(O)cc1. The van der Waals surface area contributed by atoms with E-state index in [2.05, 4.69) is 31.9 Å². The van der Waals surface area contributed by atoms with Crippen LogP contribution in [0.5, 0.6) is 5.75 Å². The number of aromatic hydroxyl groups is 1. The summed E-state index contributed by atoms with van der Waals surface area (Å²) in [5.74, 6) is 0.714. The lowest BCUT2D eigenvalue weighted by molar-refractivity contribution is 0.0763. The number of carbonyl (C=O) groups is 1. The normalized spacial score (nSPS) is 15.9. The Morgan fingerprint density at radius 1 is 1.00 bits per heavy atom. The fourth-order valence-electron chi connectivity index (χ4n) is 3.52. The zero-order valence-electron chi connectivity index (χ0n) is 15.9. The molecule has 4 nitrogen and oxygen atoms in total. The molecule has 1 fully saturated rings. The van der Waals surface area contributed by atoms with Crippen LogP contribution in [-0.2, 0) is 0 Å². The molecule has 1 amide bonds. The van der Waals surface area contributed by atoms with E-state index in [1.54, 1.807) is 12.1 Å². The monoisotopic (exact) mass is 352 g/mol. The van der Waals surface area contributed by atoms with Gasteiger partial charge in [0.1, 0.15) is 5.75 Å². The van der Waals surface area contributed by atoms with Gasteiger partial charge < -0.3 is 14.9 Å². The third-order valence-corrected chi connectivity index (χ3v) is 5.11. The van der Waals surface area contributed by atoms with Crippen LogP contribution < -0.4 is 0 Å². The molecule has 2 aromatic carbocycles. The van der Waals surface area contributed by atoms with Gasteiger partial charge >= 0.3 is 0 Å². The third kappa shape index (κ3) is 4.07. The molecule has 4 heteroatoms. The van der Waals surface area contributed by atoms with E-state index in [9.17, 15) is 9.90 Å². The summed E-state index contributed by atoms with van der Waals surface area (Å²) in [6.45, 7) is 7.85. The van der Waals surface area contributed by atoms with Gasteiger partial charge in [0.05, 0.1) is 0 Å². The van der Waals surface area contributed by atoms with E-state index in [1.807, 2.05) is 29.2 Å². The van der Waals surface area contributed by atoms with Crippen LogP contribution in [0.2, 0.25) is 0 Å². The van der Waals surface area contributed by atoms with Crippen LogP contribution in [0.25, 0.3) is 11.1 Å². The van der Waals surface area contributed by atoms with E-state index in [4.69, 9.17) is 0 Å². The molecule has 2 aromatic rings. The minimum absolute atomic E-state index is 0.107. The van der Waals surface area contributed by atoms with Gasteiger partial charge in [-0.05, 0) is 66.9 Å². The highest BCUT2D eigenvalue weighted by atomic mass is 16.3. The quantitative estimate of drug-likeness (QED) is 0.909. The Kier molecular flexibility index (Phi) is 5.62. The summed E-state index contributed by atoms with van der Waals surface area (Å²) >= 11 is 0. The average Bonchev–Trinajstić information content (AvgIpc) is 2.85. The molecule has 0 atom stereocenters. The first-order valence-electron chi connectivity index (χ1n) is 9.37. The van der Waals surface area contributed by atoms with Crippen molar-refractivity contribution in [1.29, 1.82) is 0 Å². The number of likely N-dealkylation sites (N-methyl/N-ethyl adjacent to an activating group) is 1. The van der Waals surface area contributed by atoms with Crippen molar-refractivity contribution in [2.24, 2.45) is 0 Å². The number of carbonyl (C=O) groups excluding carboxylic acids is 1. The summed E-state index contributed by atoms with van der Waals surface area (Å²) in [5.41, 5.74) is 4.04. The summed E-state index contributed by atoms with van der Waals surface area (Å²) in [5, 5.41) is 9.58. The van der Waals surface area contributed by atoms with Crippen molar-refractivity contribution in [3.8, 4) is 16.9 Å². The molecule has 1 aliphatic rings. The summed E-state index contributed by atoms with van der Waals surface area (Å²) in [7, 11) is 2.11. The van der Waals surface area contributed by atoms with Gasteiger partial charge in [0.25, 0.3) is 5.91 Å². The van der Waals surface area contributed by atoms with Crippen LogP contribution in [0.15, 0.2) is 42.5 Å². The minimum atomic E-state index is 0.107. The fraction of sp³-hybridized carbons (Fsp3) is 0.409. The summed E-state index contributed by atoms with van der Waals surface area (Å²) < 4.78 is 0. The molecule has 1 heterocycles. The Morgan fingerprint density at radius 2 is 1.73 bits per heavy atom. The molecule has 138 valence electrons. The van der Waals surface area contributed by atoms with Crippen LogP contribution in [0.3, 0.4) is 0 Å². The van der Waals surface area contributed by atoms with Crippen molar-refractivity contribution in [3.63, 3.8) is 0 Å². The zero-order valence-corrected chi connectivity index (χ0v) is 15.9. The van der Waals surface area contributed by atoms with Gasteiger partial charge in [0, 0.05) is 25.2 Å². The topological polar surface area (TPSA) is 43.8 Å². The number of benzene rings is 2. The van der Waals surface area contributed by atoms with Crippen molar-refractivity contribution >= 4 is 5.91 Å². The lowest BCUT2D eigenvalue weighted by atomic mass is 9.90. The zero-order chi connectivity index (χ0) is 18.7. The first-order valence-corrected chi connectivity index (χ1v) is 9.37. The Hall–Kier alpha value is -2.33. The molecule has 1 N–H and O–H groups in total. The van der Waals surface area contributed by atoms with Crippen molar-refractivity contribution in [2.45, 2.75) is 26.2 Å². The third-order valence-electron chi connectivity index (χ3n) is 5.11. The highest BCUT2D eigenvalue weighted by Crippen LogP contribution is 2.31. The number of nitrogens with zero attached hydrogens (tertiary/aromatic N) is 2. The standard InChI is InChI=1S/C22H28N2O2/c1-16(2)20-10-7-18(15-21(20)17-5-8-19(25)9-6-17)22(26)24-12-4-11-23(3)13-14-24/h5-10,15-16,25H,4,11-14H2,1-3H3. The number of phenolic OH excluding ortho intramolecular Hbond substituents is 1. The summed E-state index contributed by atoms with van der Waals surface area (Å²) in [4.78, 5) is 17.3. The molecule has 0 aromatic heterocycles. The van der Waals surface area contributed by atoms with E-state index in [0.717, 1.165) is 49.3 Å². The molecule has 0 aliphatic carbocycles. The van der Waals surface area contributed by atoms with Crippen LogP contribution in [0.1, 0.15) is 42.1 Å². The van der Waals surface area contributed by atoms with E-state index in [0.29, 0.717) is 5.92 Å². The molecule has 3 rings (SSSR count). The Morgan fingerprint density at radius 3 is 2.42 bits per heavy atom. The maximum atomic E-state index is 13.0. The first-order chi connectivity index (χ1) is 12.5. The molecule has 0 bridgehead atoms. The maximum absolute atomic E-state index is 13.0. The van der Waals surface area contributed by atoms with Gasteiger partial charge in [0.2, 0.25) is 0 Å². The number of amides is 1. The molecule has 0 radical (unpaired) electrons. The van der Waals surface area contributed by atoms with Gasteiger partial charge in [-0.2, -0.15) is 0 Å². The number of hydrogen-bond donors (Lipinski definition) is 1. The predicted molar refractivity (Wildman–Crippen MR) is 106 cm³/mol. The highest BCUT2D eigenvalue weighted by Gasteiger charge is 2.20. The number of hydrogen-bond acceptors (Lipinski definition) is 3. The Labute approximate surface area is 156 Å². The Balaban J connectivity index is 1.94. The van der Waals surface area contributed by atoms with Crippen molar-refractivity contribution in [1.82, 2.24) is 9.80 Å². The smallest absolute Gasteiger partial charge is 0.253 e. The average molecular weight is 352 g/mol. The van der Waals surface area contributed by atoms with Crippen molar-refractivity contribution in [3.05, 3.63) is 53.6 Å². The van der Waals surface area contributed by atoms with Crippen molar-refractivity contribution < 1.29 is 9.90 Å². The van der Waals surface area contributed by atoms with Gasteiger partial charge in [-0.25, -0.2) is 0 Å². The van der Waals surface area contributed by atoms with E-state index in [-0.39, 0.29) is 11.7 Å². The van der Waals surface area contributed by atoms with Crippen molar-refractivity contribution in [2.75, 3.05) is 33.2 Å². The molecule has 0 unspecified atom stereocenters. The van der Waals surface area contributed by atoms with Gasteiger partial charge in [0.15, 0.2) is 0 Å². The predicted octanol–water partition coefficient (Wildman–Crippen LogP) is 3.96. The molecule has 0 saturated carbocycles. The largest absolute Gasteiger partial charge is 0.508 e. The van der Waals surface area contributed by atoms with Crippen LogP contribution >= 0.6 is 0 Å². The second kappa shape index (κ2) is 7.92. The van der Waals surface area contributed by atoms with E-state index >= 15 is 0 Å². The van der Waals surface area contributed by atoms with Gasteiger partial charge in [-0.1, -0.05) is 32.0 Å². The molecule has 1 aliphatic heterocycles. The Bertz CT molecular complexity index is 768. The van der Waals surface area contributed by atoms with Gasteiger partial charge in [-0.15, -0.1) is 0 Å². The fourth-order valence-corrected chi connectivity index (χ4v) is 3.52. The number of rotatable bonds is 3. The second-order valence-corrected chi connectivity index (χ2v) is 7.45. The van der Waals surface area contributed by atoms with Gasteiger partial charge in [-0.3, -0.25) is 4.79 Å². The van der Waals surface area contributed by atoms with E-state index in [1.165, 1.54) is 5.56 Å². The number of phenols is 1. The lowest BCUT2D eigenvalue weighted by Gasteiger charge is -2.22. The summed E-state index contributed by atoms with van der Waals surface area (Å²) in [6, 6.07) is 13.2. The second-order valence-electron chi connectivity index (χ2n) is 7.45. The van der Waals surface area contributed by atoms with Crippen LogP contribution in [0.4, 0.5) is 0 Å². The highest BCUT2D eigenvalue weighted by molar-refractivity contribution is 5.96. The van der Waals surface area contributed by atoms with Crippen LogP contribution in [0, 0.1) is 0 Å². The molecular weight excluding hydrogens is 324 g/mol. The molecular formula is C22H28N2O2. The van der Waals surface area contributed by atoms with Crippen LogP contribution in [-0.4, -0.2) is 54.0 Å². The maximum Gasteiger partial charge on any atom is 0.253 e. The minimum Gasteiger partial charge on any atom is -0.508 e.